The minimum absolute atomic E-state index is 0.198. The number of para-hydroxylation sites is 1. The van der Waals surface area contributed by atoms with Gasteiger partial charge < -0.3 is 10.0 Å². The minimum atomic E-state index is -0.355. The molecule has 3 nitrogen and oxygen atoms in total. The quantitative estimate of drug-likeness (QED) is 0.829. The van der Waals surface area contributed by atoms with E-state index in [2.05, 4.69) is 0 Å². The van der Waals surface area contributed by atoms with Crippen molar-refractivity contribution >= 4 is 5.69 Å². The number of anilines is 1. The number of rotatable bonds is 5. The summed E-state index contributed by atoms with van der Waals surface area (Å²) in [6.07, 6.45) is 0.340. The zero-order chi connectivity index (χ0) is 12.0. The van der Waals surface area contributed by atoms with E-state index < -0.39 is 0 Å². The van der Waals surface area contributed by atoms with E-state index in [4.69, 9.17) is 10.4 Å². The van der Waals surface area contributed by atoms with Crippen LogP contribution in [0.2, 0.25) is 0 Å². The first-order valence-corrected chi connectivity index (χ1v) is 5.24. The summed E-state index contributed by atoms with van der Waals surface area (Å²) in [7, 11) is 0. The maximum Gasteiger partial charge on any atom is 0.146 e. The van der Waals surface area contributed by atoms with E-state index in [1.165, 1.54) is 6.07 Å². The first-order chi connectivity index (χ1) is 7.74. The topological polar surface area (TPSA) is 47.3 Å². The molecular formula is C12H15FN2O. The Balaban J connectivity index is 3.03. The summed E-state index contributed by atoms with van der Waals surface area (Å²) < 4.78 is 13.7. The van der Waals surface area contributed by atoms with Gasteiger partial charge in [0.1, 0.15) is 5.82 Å². The van der Waals surface area contributed by atoms with Crippen molar-refractivity contribution in [1.29, 1.82) is 5.26 Å². The largest absolute Gasteiger partial charge is 0.392 e. The molecule has 86 valence electrons. The second-order valence-corrected chi connectivity index (χ2v) is 3.39. The molecule has 0 saturated heterocycles. The molecule has 1 aromatic rings. The molecule has 0 heterocycles. The molecule has 0 unspecified atom stereocenters. The van der Waals surface area contributed by atoms with Crippen LogP contribution in [0.15, 0.2) is 18.2 Å². The molecule has 0 aromatic heterocycles. The molecular weight excluding hydrogens is 207 g/mol. The molecule has 0 fully saturated rings. The monoisotopic (exact) mass is 222 g/mol. The molecule has 1 rings (SSSR count). The normalized spacial score (nSPS) is 9.88. The van der Waals surface area contributed by atoms with Gasteiger partial charge in [0.25, 0.3) is 0 Å². The van der Waals surface area contributed by atoms with Crippen LogP contribution in [0.25, 0.3) is 0 Å². The van der Waals surface area contributed by atoms with Gasteiger partial charge in [-0.2, -0.15) is 5.26 Å². The van der Waals surface area contributed by atoms with Crippen molar-refractivity contribution in [2.24, 2.45) is 0 Å². The zero-order valence-corrected chi connectivity index (χ0v) is 9.28. The molecule has 4 heteroatoms. The maximum absolute atomic E-state index is 13.7. The van der Waals surface area contributed by atoms with E-state index in [1.54, 1.807) is 17.0 Å². The highest BCUT2D eigenvalue weighted by atomic mass is 19.1. The second-order valence-electron chi connectivity index (χ2n) is 3.39. The summed E-state index contributed by atoms with van der Waals surface area (Å²) in [5.41, 5.74) is 0.961. The van der Waals surface area contributed by atoms with Gasteiger partial charge in [-0.15, -0.1) is 0 Å². The third-order valence-electron chi connectivity index (χ3n) is 2.43. The van der Waals surface area contributed by atoms with Crippen molar-refractivity contribution in [1.82, 2.24) is 0 Å². The molecule has 0 aliphatic heterocycles. The lowest BCUT2D eigenvalue weighted by Gasteiger charge is -2.24. The van der Waals surface area contributed by atoms with Crippen LogP contribution < -0.4 is 4.90 Å². The van der Waals surface area contributed by atoms with Gasteiger partial charge in [0.2, 0.25) is 0 Å². The predicted octanol–water partition coefficient (Wildman–Crippen LogP) is 2.06. The Kier molecular flexibility index (Phi) is 4.74. The predicted molar refractivity (Wildman–Crippen MR) is 60.4 cm³/mol. The van der Waals surface area contributed by atoms with E-state index in [0.29, 0.717) is 30.8 Å². The van der Waals surface area contributed by atoms with Gasteiger partial charge in [0, 0.05) is 18.7 Å². The number of nitrogens with zero attached hydrogens (tertiary/aromatic N) is 2. The second kappa shape index (κ2) is 6.09. The van der Waals surface area contributed by atoms with Gasteiger partial charge in [0.15, 0.2) is 0 Å². The number of halogens is 1. The number of aliphatic hydroxyl groups excluding tert-OH is 1. The molecule has 0 saturated carbocycles. The average Bonchev–Trinajstić information content (AvgIpc) is 2.31. The highest BCUT2D eigenvalue weighted by Crippen LogP contribution is 2.24. The highest BCUT2D eigenvalue weighted by molar-refractivity contribution is 5.54. The lowest BCUT2D eigenvalue weighted by Crippen LogP contribution is -2.26. The molecule has 0 aliphatic carbocycles. The number of nitriles is 1. The summed E-state index contributed by atoms with van der Waals surface area (Å²) in [5.74, 6) is -0.355. The molecule has 0 bridgehead atoms. The average molecular weight is 222 g/mol. The van der Waals surface area contributed by atoms with Crippen LogP contribution in [0.1, 0.15) is 18.9 Å². The third-order valence-corrected chi connectivity index (χ3v) is 2.43. The van der Waals surface area contributed by atoms with Gasteiger partial charge in [-0.3, -0.25) is 0 Å². The number of hydrogen-bond acceptors (Lipinski definition) is 3. The van der Waals surface area contributed by atoms with Crippen molar-refractivity contribution in [2.75, 3.05) is 18.0 Å². The van der Waals surface area contributed by atoms with Crippen LogP contribution >= 0.6 is 0 Å². The van der Waals surface area contributed by atoms with E-state index in [0.717, 1.165) is 0 Å². The third kappa shape index (κ3) is 2.71. The van der Waals surface area contributed by atoms with Crippen molar-refractivity contribution < 1.29 is 9.50 Å². The summed E-state index contributed by atoms with van der Waals surface area (Å²) in [4.78, 5) is 1.77. The van der Waals surface area contributed by atoms with Crippen LogP contribution in [0, 0.1) is 17.1 Å². The molecule has 0 atom stereocenters. The standard InChI is InChI=1S/C12H15FN2O/c1-2-15(8-4-7-14)12-10(9-16)5-3-6-11(12)13/h3,5-6,16H,2,4,8-9H2,1H3. The van der Waals surface area contributed by atoms with E-state index in [9.17, 15) is 4.39 Å². The Morgan fingerprint density at radius 2 is 2.25 bits per heavy atom. The van der Waals surface area contributed by atoms with Crippen LogP contribution in [0.4, 0.5) is 10.1 Å². The summed E-state index contributed by atoms with van der Waals surface area (Å²) in [6.45, 7) is 2.78. The van der Waals surface area contributed by atoms with Gasteiger partial charge >= 0.3 is 0 Å². The Morgan fingerprint density at radius 3 is 2.81 bits per heavy atom. The Hall–Kier alpha value is -1.60. The smallest absolute Gasteiger partial charge is 0.146 e. The fraction of sp³-hybridized carbons (Fsp3) is 0.417. The Labute approximate surface area is 94.7 Å². The fourth-order valence-electron chi connectivity index (χ4n) is 1.65. The summed E-state index contributed by atoms with van der Waals surface area (Å²) >= 11 is 0. The van der Waals surface area contributed by atoms with Crippen LogP contribution in [0.5, 0.6) is 0 Å². The molecule has 0 spiro atoms. The van der Waals surface area contributed by atoms with Crippen molar-refractivity contribution in [3.05, 3.63) is 29.6 Å². The van der Waals surface area contributed by atoms with Crippen LogP contribution in [-0.4, -0.2) is 18.2 Å². The van der Waals surface area contributed by atoms with Crippen molar-refractivity contribution in [2.45, 2.75) is 20.0 Å². The summed E-state index contributed by atoms with van der Waals surface area (Å²) in [5, 5.41) is 17.7. The molecule has 0 aliphatic rings. The van der Waals surface area contributed by atoms with Crippen molar-refractivity contribution in [3.8, 4) is 6.07 Å². The van der Waals surface area contributed by atoms with Gasteiger partial charge in [0.05, 0.1) is 24.8 Å². The highest BCUT2D eigenvalue weighted by Gasteiger charge is 2.13. The number of hydrogen-bond donors (Lipinski definition) is 1. The van der Waals surface area contributed by atoms with Crippen molar-refractivity contribution in [3.63, 3.8) is 0 Å². The van der Waals surface area contributed by atoms with E-state index in [-0.39, 0.29) is 12.4 Å². The molecule has 1 aromatic carbocycles. The fourth-order valence-corrected chi connectivity index (χ4v) is 1.65. The van der Waals surface area contributed by atoms with Gasteiger partial charge in [-0.1, -0.05) is 12.1 Å². The molecule has 0 radical (unpaired) electrons. The molecule has 1 N–H and O–H groups in total. The minimum Gasteiger partial charge on any atom is -0.392 e. The first-order valence-electron chi connectivity index (χ1n) is 5.24. The zero-order valence-electron chi connectivity index (χ0n) is 9.28. The lowest BCUT2D eigenvalue weighted by molar-refractivity contribution is 0.281. The first kappa shape index (κ1) is 12.5. The number of benzene rings is 1. The van der Waals surface area contributed by atoms with Crippen LogP contribution in [-0.2, 0) is 6.61 Å². The van der Waals surface area contributed by atoms with Gasteiger partial charge in [-0.05, 0) is 13.0 Å². The molecule has 16 heavy (non-hydrogen) atoms. The van der Waals surface area contributed by atoms with E-state index in [1.807, 2.05) is 13.0 Å². The maximum atomic E-state index is 13.7. The SMILES string of the molecule is CCN(CCC#N)c1c(F)cccc1CO. The Bertz CT molecular complexity index is 387. The van der Waals surface area contributed by atoms with Gasteiger partial charge in [-0.25, -0.2) is 4.39 Å². The van der Waals surface area contributed by atoms with Crippen LogP contribution in [0.3, 0.4) is 0 Å². The molecule has 0 amide bonds. The van der Waals surface area contributed by atoms with E-state index >= 15 is 0 Å². The summed E-state index contributed by atoms with van der Waals surface area (Å²) in [6, 6.07) is 6.66. The number of aliphatic hydroxyl groups is 1. The lowest BCUT2D eigenvalue weighted by atomic mass is 10.1. The Morgan fingerprint density at radius 1 is 1.50 bits per heavy atom.